The highest BCUT2D eigenvalue weighted by atomic mass is 35.5. The van der Waals surface area contributed by atoms with Crippen molar-refractivity contribution >= 4 is 35.1 Å². The van der Waals surface area contributed by atoms with Crippen molar-refractivity contribution in [3.8, 4) is 0 Å². The molecule has 122 valence electrons. The number of nitrogens with zero attached hydrogens (tertiary/aromatic N) is 2. The van der Waals surface area contributed by atoms with Crippen LogP contribution in [0.4, 0.5) is 10.6 Å². The van der Waals surface area contributed by atoms with Crippen LogP contribution in [-0.4, -0.2) is 41.6 Å². The normalized spacial score (nSPS) is 18.1. The van der Waals surface area contributed by atoms with E-state index in [-0.39, 0.29) is 6.03 Å². The fourth-order valence-corrected chi connectivity index (χ4v) is 3.14. The van der Waals surface area contributed by atoms with Crippen LogP contribution in [-0.2, 0) is 0 Å². The largest absolute Gasteiger partial charge is 0.367 e. The minimum absolute atomic E-state index is 0.0171. The zero-order chi connectivity index (χ0) is 15.9. The first-order chi connectivity index (χ1) is 10.6. The Morgan fingerprint density at radius 1 is 1.41 bits per heavy atom. The number of nitrogens with one attached hydrogen (secondary N) is 2. The average molecular weight is 345 g/mol. The van der Waals surface area contributed by atoms with Gasteiger partial charge in [-0.05, 0) is 31.7 Å². The van der Waals surface area contributed by atoms with Gasteiger partial charge in [-0.3, -0.25) is 0 Å². The average Bonchev–Trinajstić information content (AvgIpc) is 2.53. The van der Waals surface area contributed by atoms with Crippen LogP contribution in [0.3, 0.4) is 0 Å². The van der Waals surface area contributed by atoms with Crippen LogP contribution in [0.5, 0.6) is 0 Å². The van der Waals surface area contributed by atoms with E-state index in [1.807, 2.05) is 4.90 Å². The molecule has 1 aromatic rings. The number of likely N-dealkylation sites (tertiary alicyclic amines) is 1. The molecule has 5 nitrogen and oxygen atoms in total. The summed E-state index contributed by atoms with van der Waals surface area (Å²) in [5.41, 5.74) is 0. The van der Waals surface area contributed by atoms with E-state index in [2.05, 4.69) is 22.5 Å². The van der Waals surface area contributed by atoms with E-state index in [0.717, 1.165) is 25.8 Å². The third kappa shape index (κ3) is 4.65. The van der Waals surface area contributed by atoms with Crippen molar-refractivity contribution < 1.29 is 4.79 Å². The van der Waals surface area contributed by atoms with Crippen molar-refractivity contribution in [2.75, 3.05) is 25.0 Å². The van der Waals surface area contributed by atoms with Crippen LogP contribution in [0.15, 0.2) is 12.3 Å². The number of hydrogen-bond acceptors (Lipinski definition) is 3. The monoisotopic (exact) mass is 344 g/mol. The molecule has 0 radical (unpaired) electrons. The molecule has 1 aliphatic rings. The lowest BCUT2D eigenvalue weighted by atomic mass is 10.0. The van der Waals surface area contributed by atoms with Crippen LogP contribution >= 0.6 is 23.2 Å². The quantitative estimate of drug-likeness (QED) is 0.799. The number of piperidine rings is 1. The summed E-state index contributed by atoms with van der Waals surface area (Å²) in [5.74, 6) is 0.574. The molecule has 2 N–H and O–H groups in total. The van der Waals surface area contributed by atoms with Crippen molar-refractivity contribution in [3.63, 3.8) is 0 Å². The summed E-state index contributed by atoms with van der Waals surface area (Å²) in [6.45, 7) is 4.06. The van der Waals surface area contributed by atoms with Gasteiger partial charge in [0.25, 0.3) is 0 Å². The van der Waals surface area contributed by atoms with Gasteiger partial charge in [-0.2, -0.15) is 0 Å². The van der Waals surface area contributed by atoms with Gasteiger partial charge in [0, 0.05) is 31.9 Å². The number of halogens is 2. The van der Waals surface area contributed by atoms with Gasteiger partial charge in [0.1, 0.15) is 5.82 Å². The molecule has 0 saturated carbocycles. The second-order valence-corrected chi connectivity index (χ2v) is 6.24. The number of aromatic nitrogens is 1. The number of hydrogen-bond donors (Lipinski definition) is 2. The fraction of sp³-hybridized carbons (Fsp3) is 0.600. The van der Waals surface area contributed by atoms with E-state index in [0.29, 0.717) is 35.0 Å². The van der Waals surface area contributed by atoms with Gasteiger partial charge >= 0.3 is 6.03 Å². The van der Waals surface area contributed by atoms with Gasteiger partial charge in [0.2, 0.25) is 0 Å². The Morgan fingerprint density at radius 3 is 2.95 bits per heavy atom. The molecule has 0 aliphatic carbocycles. The SMILES string of the molecule is CCC1CCCCN1C(=O)NCCNc1ncc(Cl)cc1Cl. The Labute approximate surface area is 141 Å². The molecular formula is C15H22Cl2N4O. The first-order valence-electron chi connectivity index (χ1n) is 7.71. The number of carbonyl (C=O) groups is 1. The molecule has 1 fully saturated rings. The zero-order valence-electron chi connectivity index (χ0n) is 12.7. The minimum atomic E-state index is 0.0171. The van der Waals surface area contributed by atoms with Gasteiger partial charge < -0.3 is 15.5 Å². The lowest BCUT2D eigenvalue weighted by Crippen LogP contribution is -2.49. The topological polar surface area (TPSA) is 57.3 Å². The second-order valence-electron chi connectivity index (χ2n) is 5.39. The Kier molecular flexibility index (Phi) is 6.58. The van der Waals surface area contributed by atoms with E-state index < -0.39 is 0 Å². The molecule has 1 saturated heterocycles. The van der Waals surface area contributed by atoms with Crippen molar-refractivity contribution in [1.82, 2.24) is 15.2 Å². The summed E-state index contributed by atoms with van der Waals surface area (Å²) >= 11 is 11.8. The molecule has 0 spiro atoms. The predicted molar refractivity (Wildman–Crippen MR) is 90.8 cm³/mol. The third-order valence-corrected chi connectivity index (χ3v) is 4.36. The van der Waals surface area contributed by atoms with E-state index in [9.17, 15) is 4.79 Å². The van der Waals surface area contributed by atoms with Crippen LogP contribution < -0.4 is 10.6 Å². The standard InChI is InChI=1S/C15H22Cl2N4O/c1-2-12-5-3-4-8-21(12)15(22)19-7-6-18-14-13(17)9-11(16)10-20-14/h9-10,12H,2-8H2,1H3,(H,18,20)(H,19,22). The van der Waals surface area contributed by atoms with Gasteiger partial charge in [-0.15, -0.1) is 0 Å². The van der Waals surface area contributed by atoms with Gasteiger partial charge in [0.15, 0.2) is 0 Å². The molecule has 1 aromatic heterocycles. The molecule has 2 amide bonds. The molecule has 1 aliphatic heterocycles. The van der Waals surface area contributed by atoms with Crippen LogP contribution in [0.2, 0.25) is 10.0 Å². The summed E-state index contributed by atoms with van der Waals surface area (Å²) < 4.78 is 0. The van der Waals surface area contributed by atoms with Crippen molar-refractivity contribution in [2.24, 2.45) is 0 Å². The predicted octanol–water partition coefficient (Wildman–Crippen LogP) is 3.77. The molecule has 0 bridgehead atoms. The van der Waals surface area contributed by atoms with Crippen LogP contribution in [0.1, 0.15) is 32.6 Å². The molecule has 1 atom stereocenters. The van der Waals surface area contributed by atoms with Crippen molar-refractivity contribution in [3.05, 3.63) is 22.3 Å². The number of rotatable bonds is 5. The molecule has 7 heteroatoms. The lowest BCUT2D eigenvalue weighted by Gasteiger charge is -2.35. The van der Waals surface area contributed by atoms with E-state index in [1.54, 1.807) is 6.07 Å². The highest BCUT2D eigenvalue weighted by molar-refractivity contribution is 6.35. The Hall–Kier alpha value is -1.20. The summed E-state index contributed by atoms with van der Waals surface area (Å²) in [6.07, 6.45) is 5.95. The Balaban J connectivity index is 1.74. The first kappa shape index (κ1) is 17.2. The second kappa shape index (κ2) is 8.44. The smallest absolute Gasteiger partial charge is 0.317 e. The lowest BCUT2D eigenvalue weighted by molar-refractivity contribution is 0.149. The van der Waals surface area contributed by atoms with Gasteiger partial charge in [0.05, 0.1) is 10.0 Å². The van der Waals surface area contributed by atoms with Crippen molar-refractivity contribution in [2.45, 2.75) is 38.6 Å². The number of pyridine rings is 1. The van der Waals surface area contributed by atoms with E-state index in [4.69, 9.17) is 23.2 Å². The van der Waals surface area contributed by atoms with Gasteiger partial charge in [-0.1, -0.05) is 30.1 Å². The van der Waals surface area contributed by atoms with Crippen molar-refractivity contribution in [1.29, 1.82) is 0 Å². The van der Waals surface area contributed by atoms with Gasteiger partial charge in [-0.25, -0.2) is 9.78 Å². The summed E-state index contributed by atoms with van der Waals surface area (Å²) in [7, 11) is 0. The Bertz CT molecular complexity index is 512. The number of carbonyl (C=O) groups excluding carboxylic acids is 1. The van der Waals surface area contributed by atoms with Crippen LogP contribution in [0.25, 0.3) is 0 Å². The molecule has 1 unspecified atom stereocenters. The first-order valence-corrected chi connectivity index (χ1v) is 8.46. The highest BCUT2D eigenvalue weighted by Crippen LogP contribution is 2.22. The van der Waals surface area contributed by atoms with Crippen LogP contribution in [0, 0.1) is 0 Å². The maximum Gasteiger partial charge on any atom is 0.317 e. The van der Waals surface area contributed by atoms with E-state index >= 15 is 0 Å². The zero-order valence-corrected chi connectivity index (χ0v) is 14.3. The third-order valence-electron chi connectivity index (χ3n) is 3.86. The highest BCUT2D eigenvalue weighted by Gasteiger charge is 2.24. The molecule has 2 heterocycles. The number of urea groups is 1. The molecule has 22 heavy (non-hydrogen) atoms. The molecule has 2 rings (SSSR count). The fourth-order valence-electron chi connectivity index (χ4n) is 2.69. The molecule has 0 aromatic carbocycles. The summed E-state index contributed by atoms with van der Waals surface area (Å²) in [6, 6.07) is 2.02. The molecular weight excluding hydrogens is 323 g/mol. The number of amides is 2. The summed E-state index contributed by atoms with van der Waals surface area (Å²) in [5, 5.41) is 7.01. The Morgan fingerprint density at radius 2 is 2.23 bits per heavy atom. The summed E-state index contributed by atoms with van der Waals surface area (Å²) in [4.78, 5) is 18.3. The maximum absolute atomic E-state index is 12.2. The number of anilines is 1. The minimum Gasteiger partial charge on any atom is -0.367 e. The maximum atomic E-state index is 12.2. The van der Waals surface area contributed by atoms with E-state index in [1.165, 1.54) is 12.6 Å².